The number of carbonyl (C=O) groups excluding carboxylic acids is 2. The van der Waals surface area contributed by atoms with Crippen LogP contribution in [0.2, 0.25) is 0 Å². The minimum Gasteiger partial charge on any atom is -0.444 e. The maximum absolute atomic E-state index is 11.0. The molecule has 5 heteroatoms. The zero-order chi connectivity index (χ0) is 11.2. The predicted octanol–water partition coefficient (Wildman–Crippen LogP) is 0.994. The minimum absolute atomic E-state index is 0.164. The van der Waals surface area contributed by atoms with Gasteiger partial charge in [0, 0.05) is 0 Å². The van der Waals surface area contributed by atoms with Crippen molar-refractivity contribution in [1.29, 1.82) is 5.26 Å². The number of amides is 1. The van der Waals surface area contributed by atoms with Gasteiger partial charge in [-0.25, -0.2) is 4.79 Å². The van der Waals surface area contributed by atoms with E-state index in [1.165, 1.54) is 0 Å². The third-order valence-electron chi connectivity index (χ3n) is 1.11. The van der Waals surface area contributed by atoms with Gasteiger partial charge in [-0.15, -0.1) is 0 Å². The summed E-state index contributed by atoms with van der Waals surface area (Å²) in [6.07, 6.45) is -0.848. The lowest BCUT2D eigenvalue weighted by atomic mass is 10.2. The number of ether oxygens (including phenoxy) is 1. The van der Waals surface area contributed by atoms with Crippen molar-refractivity contribution in [3.05, 3.63) is 0 Å². The van der Waals surface area contributed by atoms with E-state index in [1.807, 2.05) is 0 Å². The van der Waals surface area contributed by atoms with E-state index >= 15 is 0 Å². The van der Waals surface area contributed by atoms with Crippen LogP contribution in [0.4, 0.5) is 4.79 Å². The van der Waals surface area contributed by atoms with Gasteiger partial charge < -0.3 is 10.1 Å². The van der Waals surface area contributed by atoms with Gasteiger partial charge in [0.1, 0.15) is 5.60 Å². The summed E-state index contributed by atoms with van der Waals surface area (Å²) < 4.78 is 4.88. The maximum atomic E-state index is 11.0. The Hall–Kier alpha value is -1.57. The highest BCUT2D eigenvalue weighted by Gasteiger charge is 2.16. The molecular weight excluding hydrogens is 184 g/mol. The number of rotatable bonds is 3. The SMILES string of the molecule is CC(C)(C)OC(=O)NCC(=O)CC#N. The van der Waals surface area contributed by atoms with Gasteiger partial charge >= 0.3 is 6.09 Å². The Bertz CT molecular complexity index is 260. The van der Waals surface area contributed by atoms with Gasteiger partial charge in [0.15, 0.2) is 5.78 Å². The zero-order valence-electron chi connectivity index (χ0n) is 8.59. The first kappa shape index (κ1) is 12.4. The van der Waals surface area contributed by atoms with Crippen molar-refractivity contribution in [2.75, 3.05) is 6.54 Å². The third kappa shape index (κ3) is 7.10. The quantitative estimate of drug-likeness (QED) is 0.733. The van der Waals surface area contributed by atoms with Crippen LogP contribution in [0.5, 0.6) is 0 Å². The number of alkyl carbamates (subject to hydrolysis) is 1. The molecule has 5 nitrogen and oxygen atoms in total. The summed E-state index contributed by atoms with van der Waals surface area (Å²) in [5.74, 6) is -0.335. The summed E-state index contributed by atoms with van der Waals surface area (Å²) in [4.78, 5) is 21.8. The topological polar surface area (TPSA) is 79.2 Å². The van der Waals surface area contributed by atoms with Crippen molar-refractivity contribution in [3.8, 4) is 6.07 Å². The van der Waals surface area contributed by atoms with Crippen LogP contribution in [0.15, 0.2) is 0 Å². The average Bonchev–Trinajstić information content (AvgIpc) is 1.98. The molecule has 0 bridgehead atoms. The number of hydrogen-bond acceptors (Lipinski definition) is 4. The van der Waals surface area contributed by atoms with Crippen LogP contribution in [0, 0.1) is 11.3 Å². The van der Waals surface area contributed by atoms with Crippen molar-refractivity contribution in [2.45, 2.75) is 32.8 Å². The maximum Gasteiger partial charge on any atom is 0.408 e. The average molecular weight is 198 g/mol. The summed E-state index contributed by atoms with van der Waals surface area (Å²) >= 11 is 0. The highest BCUT2D eigenvalue weighted by molar-refractivity contribution is 5.85. The normalized spacial score (nSPS) is 10.1. The van der Waals surface area contributed by atoms with Gasteiger partial charge in [0.25, 0.3) is 0 Å². The molecule has 0 aromatic carbocycles. The molecule has 0 atom stereocenters. The highest BCUT2D eigenvalue weighted by Crippen LogP contribution is 2.06. The Morgan fingerprint density at radius 1 is 1.43 bits per heavy atom. The first-order valence-corrected chi connectivity index (χ1v) is 4.20. The van der Waals surface area contributed by atoms with Gasteiger partial charge in [0.05, 0.1) is 19.0 Å². The largest absolute Gasteiger partial charge is 0.444 e. The number of nitrogens with one attached hydrogen (secondary N) is 1. The summed E-state index contributed by atoms with van der Waals surface area (Å²) in [7, 11) is 0. The van der Waals surface area contributed by atoms with Gasteiger partial charge in [-0.3, -0.25) is 4.79 Å². The first-order valence-electron chi connectivity index (χ1n) is 4.20. The lowest BCUT2D eigenvalue weighted by Crippen LogP contribution is -2.35. The molecule has 78 valence electrons. The third-order valence-corrected chi connectivity index (χ3v) is 1.11. The molecule has 1 N–H and O–H groups in total. The van der Waals surface area contributed by atoms with Crippen molar-refractivity contribution in [2.24, 2.45) is 0 Å². The second-order valence-electron chi connectivity index (χ2n) is 3.73. The van der Waals surface area contributed by atoms with Crippen LogP contribution >= 0.6 is 0 Å². The van der Waals surface area contributed by atoms with Crippen LogP contribution in [0.25, 0.3) is 0 Å². The van der Waals surface area contributed by atoms with Gasteiger partial charge in [0.2, 0.25) is 0 Å². The van der Waals surface area contributed by atoms with E-state index in [4.69, 9.17) is 10.00 Å². The second-order valence-corrected chi connectivity index (χ2v) is 3.73. The van der Waals surface area contributed by atoms with Crippen LogP contribution in [0.3, 0.4) is 0 Å². The predicted molar refractivity (Wildman–Crippen MR) is 49.5 cm³/mol. The fourth-order valence-corrected chi connectivity index (χ4v) is 0.636. The number of carbonyl (C=O) groups is 2. The van der Waals surface area contributed by atoms with Crippen LogP contribution in [-0.2, 0) is 9.53 Å². The second kappa shape index (κ2) is 5.22. The number of Topliss-reactive ketones (excluding diaryl/α,β-unsaturated/α-hetero) is 1. The molecule has 0 saturated carbocycles. The highest BCUT2D eigenvalue weighted by atomic mass is 16.6. The van der Waals surface area contributed by atoms with Crippen molar-refractivity contribution in [3.63, 3.8) is 0 Å². The van der Waals surface area contributed by atoms with E-state index in [0.717, 1.165) is 0 Å². The molecule has 0 aliphatic rings. The van der Waals surface area contributed by atoms with Crippen LogP contribution in [-0.4, -0.2) is 24.0 Å². The molecule has 0 saturated heterocycles. The van der Waals surface area contributed by atoms with Gasteiger partial charge in [-0.2, -0.15) is 5.26 Å². The van der Waals surface area contributed by atoms with Gasteiger partial charge in [-0.05, 0) is 20.8 Å². The molecule has 0 radical (unpaired) electrons. The van der Waals surface area contributed by atoms with E-state index in [9.17, 15) is 9.59 Å². The number of nitrogens with zero attached hydrogens (tertiary/aromatic N) is 1. The Labute approximate surface area is 83.0 Å². The molecule has 1 amide bonds. The molecule has 0 rings (SSSR count). The van der Waals surface area contributed by atoms with Crippen molar-refractivity contribution < 1.29 is 14.3 Å². The number of ketones is 1. The smallest absolute Gasteiger partial charge is 0.408 e. The standard InChI is InChI=1S/C9H14N2O3/c1-9(2,3)14-8(13)11-6-7(12)4-5-10/h4,6H2,1-3H3,(H,11,13). The fourth-order valence-electron chi connectivity index (χ4n) is 0.636. The molecule has 0 aromatic rings. The lowest BCUT2D eigenvalue weighted by Gasteiger charge is -2.19. The molecule has 0 aliphatic heterocycles. The Morgan fingerprint density at radius 3 is 2.43 bits per heavy atom. The monoisotopic (exact) mass is 198 g/mol. The summed E-state index contributed by atoms with van der Waals surface area (Å²) in [6, 6.07) is 1.70. The van der Waals surface area contributed by atoms with E-state index in [0.29, 0.717) is 0 Å². The zero-order valence-corrected chi connectivity index (χ0v) is 8.59. The minimum atomic E-state index is -0.649. The van der Waals surface area contributed by atoms with E-state index in [1.54, 1.807) is 26.8 Å². The molecule has 0 unspecified atom stereocenters. The van der Waals surface area contributed by atoms with E-state index < -0.39 is 11.7 Å². The van der Waals surface area contributed by atoms with Crippen LogP contribution in [0.1, 0.15) is 27.2 Å². The molecular formula is C9H14N2O3. The van der Waals surface area contributed by atoms with Crippen molar-refractivity contribution >= 4 is 11.9 Å². The molecule has 0 heterocycles. The molecule has 14 heavy (non-hydrogen) atoms. The summed E-state index contributed by atoms with van der Waals surface area (Å²) in [6.45, 7) is 5.01. The van der Waals surface area contributed by atoms with E-state index in [2.05, 4.69) is 5.32 Å². The Morgan fingerprint density at radius 2 is 2.00 bits per heavy atom. The molecule has 0 fully saturated rings. The molecule has 0 spiro atoms. The van der Waals surface area contributed by atoms with Crippen LogP contribution < -0.4 is 5.32 Å². The Kier molecular flexibility index (Phi) is 4.64. The van der Waals surface area contributed by atoms with E-state index in [-0.39, 0.29) is 18.7 Å². The van der Waals surface area contributed by atoms with Gasteiger partial charge in [-0.1, -0.05) is 0 Å². The summed E-state index contributed by atoms with van der Waals surface area (Å²) in [5.41, 5.74) is -0.581. The summed E-state index contributed by atoms with van der Waals surface area (Å²) in [5, 5.41) is 10.4. The molecule has 0 aromatic heterocycles. The first-order chi connectivity index (χ1) is 6.35. The fraction of sp³-hybridized carbons (Fsp3) is 0.667. The lowest BCUT2D eigenvalue weighted by molar-refractivity contribution is -0.117. The number of nitriles is 1. The number of hydrogen-bond donors (Lipinski definition) is 1. The Balaban J connectivity index is 3.76. The van der Waals surface area contributed by atoms with Crippen molar-refractivity contribution in [1.82, 2.24) is 5.32 Å². The molecule has 0 aliphatic carbocycles.